The third-order valence-electron chi connectivity index (χ3n) is 4.93. The molecule has 0 aliphatic carbocycles. The van der Waals surface area contributed by atoms with Crippen LogP contribution in [0.3, 0.4) is 0 Å². The summed E-state index contributed by atoms with van der Waals surface area (Å²) in [6, 6.07) is 5.65. The average Bonchev–Trinajstić information content (AvgIpc) is 3.34. The Hall–Kier alpha value is -2.85. The van der Waals surface area contributed by atoms with Crippen molar-refractivity contribution in [2.24, 2.45) is 0 Å². The smallest absolute Gasteiger partial charge is 0.268 e. The van der Waals surface area contributed by atoms with E-state index in [2.05, 4.69) is 20.5 Å². The van der Waals surface area contributed by atoms with Gasteiger partial charge in [0.2, 0.25) is 11.0 Å². The average molecular weight is 458 g/mol. The zero-order chi connectivity index (χ0) is 22.1. The molecule has 3 aromatic rings. The van der Waals surface area contributed by atoms with Gasteiger partial charge in [0.1, 0.15) is 17.3 Å². The molecule has 10 heteroatoms. The zero-order valence-corrected chi connectivity index (χ0v) is 19.4. The van der Waals surface area contributed by atoms with Gasteiger partial charge >= 0.3 is 0 Å². The molecule has 1 aliphatic heterocycles. The number of aromatic nitrogens is 3. The van der Waals surface area contributed by atoms with Crippen molar-refractivity contribution in [2.45, 2.75) is 46.6 Å². The molecule has 1 unspecified atom stereocenters. The molecular formula is C21H23N5O3S2. The van der Waals surface area contributed by atoms with Gasteiger partial charge in [-0.15, -0.1) is 21.5 Å². The first-order chi connectivity index (χ1) is 14.9. The first kappa shape index (κ1) is 21.4. The molecule has 0 saturated heterocycles. The van der Waals surface area contributed by atoms with E-state index in [1.54, 1.807) is 11.3 Å². The van der Waals surface area contributed by atoms with Crippen molar-refractivity contribution < 1.29 is 14.3 Å². The molecule has 0 fully saturated rings. The highest BCUT2D eigenvalue weighted by Crippen LogP contribution is 2.39. The van der Waals surface area contributed by atoms with E-state index in [4.69, 9.17) is 4.74 Å². The van der Waals surface area contributed by atoms with Crippen LogP contribution in [0.5, 0.6) is 5.75 Å². The molecule has 8 nitrogen and oxygen atoms in total. The fraction of sp³-hybridized carbons (Fsp3) is 0.381. The predicted octanol–water partition coefficient (Wildman–Crippen LogP) is 3.98. The van der Waals surface area contributed by atoms with Crippen LogP contribution >= 0.6 is 22.7 Å². The Bertz CT molecular complexity index is 1140. The molecule has 0 spiro atoms. The minimum absolute atomic E-state index is 0.134. The molecule has 2 amide bonds. The Balaban J connectivity index is 1.64. The first-order valence-corrected chi connectivity index (χ1v) is 11.7. The Labute approximate surface area is 188 Å². The summed E-state index contributed by atoms with van der Waals surface area (Å²) in [5.74, 6) is 0.0118. The summed E-state index contributed by atoms with van der Waals surface area (Å²) in [7, 11) is 0. The van der Waals surface area contributed by atoms with Gasteiger partial charge in [0.25, 0.3) is 5.91 Å². The maximum absolute atomic E-state index is 13.1. The summed E-state index contributed by atoms with van der Waals surface area (Å²) < 4.78 is 5.91. The number of anilines is 2. The van der Waals surface area contributed by atoms with E-state index in [-0.39, 0.29) is 18.4 Å². The van der Waals surface area contributed by atoms with Gasteiger partial charge in [-0.05, 0) is 44.9 Å². The monoisotopic (exact) mass is 457 g/mol. The van der Waals surface area contributed by atoms with E-state index >= 15 is 0 Å². The minimum Gasteiger partial charge on any atom is -0.478 e. The van der Waals surface area contributed by atoms with Gasteiger partial charge in [-0.25, -0.2) is 4.98 Å². The number of thiazole rings is 1. The summed E-state index contributed by atoms with van der Waals surface area (Å²) in [6.07, 6.45) is 0.639. The fourth-order valence-corrected chi connectivity index (χ4v) is 4.97. The first-order valence-electron chi connectivity index (χ1n) is 10.1. The highest BCUT2D eigenvalue weighted by Gasteiger charge is 2.35. The third-order valence-corrected chi connectivity index (χ3v) is 6.79. The number of nitrogens with zero attached hydrogens (tertiary/aromatic N) is 4. The van der Waals surface area contributed by atoms with Gasteiger partial charge in [0.05, 0.1) is 16.4 Å². The number of hydrogen-bond acceptors (Lipinski definition) is 8. The quantitative estimate of drug-likeness (QED) is 0.601. The van der Waals surface area contributed by atoms with E-state index in [0.29, 0.717) is 23.0 Å². The van der Waals surface area contributed by atoms with Crippen LogP contribution in [0.15, 0.2) is 18.2 Å². The summed E-state index contributed by atoms with van der Waals surface area (Å²) >= 11 is 2.95. The van der Waals surface area contributed by atoms with Crippen molar-refractivity contribution >= 4 is 45.3 Å². The van der Waals surface area contributed by atoms with Gasteiger partial charge in [-0.1, -0.05) is 25.2 Å². The number of ether oxygens (including phenoxy) is 1. The van der Waals surface area contributed by atoms with E-state index < -0.39 is 6.10 Å². The van der Waals surface area contributed by atoms with Crippen LogP contribution in [0.4, 0.5) is 10.8 Å². The standard InChI is InChI=1S/C21H23N5O3S2/c1-5-15-20(28)26(10-17(27)23-21-25-24-18(6-2)31-21)14-9-13(7-8-16(14)29-15)19-11(3)30-12(4)22-19/h7-9,15H,5-6,10H2,1-4H3,(H,23,25,27). The Morgan fingerprint density at radius 3 is 2.68 bits per heavy atom. The van der Waals surface area contributed by atoms with Gasteiger partial charge in [-0.3, -0.25) is 19.8 Å². The molecule has 2 aromatic heterocycles. The number of carbonyl (C=O) groups is 2. The van der Waals surface area contributed by atoms with Crippen molar-refractivity contribution in [3.8, 4) is 17.0 Å². The lowest BCUT2D eigenvalue weighted by atomic mass is 10.1. The Morgan fingerprint density at radius 1 is 1.23 bits per heavy atom. The fourth-order valence-electron chi connectivity index (χ4n) is 3.44. The Morgan fingerprint density at radius 2 is 2.03 bits per heavy atom. The molecule has 0 saturated carbocycles. The maximum atomic E-state index is 13.1. The number of rotatable bonds is 6. The highest BCUT2D eigenvalue weighted by atomic mass is 32.1. The molecule has 0 bridgehead atoms. The molecule has 1 aromatic carbocycles. The number of nitrogens with one attached hydrogen (secondary N) is 1. The molecule has 0 radical (unpaired) electrons. The normalized spacial score (nSPS) is 15.5. The second-order valence-electron chi connectivity index (χ2n) is 7.16. The lowest BCUT2D eigenvalue weighted by Crippen LogP contribution is -2.48. The van der Waals surface area contributed by atoms with Crippen molar-refractivity contribution in [1.29, 1.82) is 0 Å². The molecular weight excluding hydrogens is 434 g/mol. The summed E-state index contributed by atoms with van der Waals surface area (Å²) in [5.41, 5.74) is 2.33. The minimum atomic E-state index is -0.623. The number of hydrogen-bond donors (Lipinski definition) is 1. The van der Waals surface area contributed by atoms with E-state index in [0.717, 1.165) is 32.6 Å². The second-order valence-corrected chi connectivity index (χ2v) is 9.63. The van der Waals surface area contributed by atoms with Gasteiger partial charge < -0.3 is 4.74 Å². The SMILES string of the molecule is CCc1nnc(NC(=O)CN2C(=O)C(CC)Oc3ccc(-c4nc(C)sc4C)cc32)s1. The van der Waals surface area contributed by atoms with Crippen LogP contribution in [0.25, 0.3) is 11.3 Å². The number of carbonyl (C=O) groups excluding carboxylic acids is 2. The summed E-state index contributed by atoms with van der Waals surface area (Å²) in [5, 5.41) is 13.0. The van der Waals surface area contributed by atoms with Crippen molar-refractivity contribution in [2.75, 3.05) is 16.8 Å². The van der Waals surface area contributed by atoms with Crippen LogP contribution in [0, 0.1) is 13.8 Å². The van der Waals surface area contributed by atoms with Crippen molar-refractivity contribution in [3.63, 3.8) is 0 Å². The van der Waals surface area contributed by atoms with Crippen LogP contribution < -0.4 is 15.0 Å². The van der Waals surface area contributed by atoms with E-state index in [1.165, 1.54) is 16.2 Å². The molecule has 31 heavy (non-hydrogen) atoms. The van der Waals surface area contributed by atoms with Gasteiger partial charge in [0, 0.05) is 10.4 Å². The highest BCUT2D eigenvalue weighted by molar-refractivity contribution is 7.15. The molecule has 4 rings (SSSR count). The molecule has 1 aliphatic rings. The number of aryl methyl sites for hydroxylation is 3. The lowest BCUT2D eigenvalue weighted by Gasteiger charge is -2.33. The number of benzene rings is 1. The van der Waals surface area contributed by atoms with E-state index in [1.807, 2.05) is 45.9 Å². The molecule has 3 heterocycles. The largest absolute Gasteiger partial charge is 0.478 e. The van der Waals surface area contributed by atoms with Gasteiger partial charge in [0.15, 0.2) is 6.10 Å². The topological polar surface area (TPSA) is 97.3 Å². The molecule has 1 N–H and O–H groups in total. The van der Waals surface area contributed by atoms with Crippen molar-refractivity contribution in [3.05, 3.63) is 33.1 Å². The van der Waals surface area contributed by atoms with Crippen LogP contribution in [0.2, 0.25) is 0 Å². The number of fused-ring (bicyclic) bond motifs is 1. The van der Waals surface area contributed by atoms with Gasteiger partial charge in [-0.2, -0.15) is 0 Å². The van der Waals surface area contributed by atoms with Crippen molar-refractivity contribution in [1.82, 2.24) is 15.2 Å². The second kappa shape index (κ2) is 8.72. The molecule has 162 valence electrons. The third kappa shape index (κ3) is 4.31. The maximum Gasteiger partial charge on any atom is 0.268 e. The lowest BCUT2D eigenvalue weighted by molar-refractivity contribution is -0.128. The van der Waals surface area contributed by atoms with E-state index in [9.17, 15) is 9.59 Å². The van der Waals surface area contributed by atoms with Crippen LogP contribution in [0.1, 0.15) is 35.2 Å². The molecule has 1 atom stereocenters. The van der Waals surface area contributed by atoms with Crippen LogP contribution in [-0.2, 0) is 16.0 Å². The summed E-state index contributed by atoms with van der Waals surface area (Å²) in [6.45, 7) is 7.71. The summed E-state index contributed by atoms with van der Waals surface area (Å²) in [4.78, 5) is 33.0. The van der Waals surface area contributed by atoms with Crippen LogP contribution in [-0.4, -0.2) is 39.6 Å². The number of amides is 2. The predicted molar refractivity (Wildman–Crippen MR) is 122 cm³/mol. The zero-order valence-electron chi connectivity index (χ0n) is 17.8. The Kier molecular flexibility index (Phi) is 6.01.